The largest absolute Gasteiger partial charge is 0.490 e. The first-order chi connectivity index (χ1) is 12.5. The smallest absolute Gasteiger partial charge is 0.130 e. The Kier molecular flexibility index (Phi) is 5.43. The SMILES string of the molecule is Cc1cc(C)c(C)c(OCCOc2ccc3ccccc3c2C(N)=S)c1. The summed E-state index contributed by atoms with van der Waals surface area (Å²) in [7, 11) is 0. The molecule has 0 bridgehead atoms. The van der Waals surface area contributed by atoms with Crippen LogP contribution in [0.1, 0.15) is 22.3 Å². The average molecular weight is 365 g/mol. The van der Waals surface area contributed by atoms with E-state index < -0.39 is 0 Å². The third kappa shape index (κ3) is 3.81. The summed E-state index contributed by atoms with van der Waals surface area (Å²) >= 11 is 5.24. The molecule has 3 aromatic carbocycles. The molecule has 2 N–H and O–H groups in total. The van der Waals surface area contributed by atoms with Crippen LogP contribution in [0.25, 0.3) is 10.8 Å². The lowest BCUT2D eigenvalue weighted by molar-refractivity contribution is 0.216. The molecule has 0 aliphatic rings. The third-order valence-electron chi connectivity index (χ3n) is 4.50. The van der Waals surface area contributed by atoms with Gasteiger partial charge in [0, 0.05) is 0 Å². The zero-order valence-electron chi connectivity index (χ0n) is 15.3. The summed E-state index contributed by atoms with van der Waals surface area (Å²) in [6.07, 6.45) is 0. The summed E-state index contributed by atoms with van der Waals surface area (Å²) in [6.45, 7) is 7.10. The number of rotatable bonds is 6. The molecular weight excluding hydrogens is 342 g/mol. The zero-order valence-corrected chi connectivity index (χ0v) is 16.2. The normalized spacial score (nSPS) is 10.7. The van der Waals surface area contributed by atoms with Gasteiger partial charge in [-0.05, 0) is 60.4 Å². The van der Waals surface area contributed by atoms with E-state index >= 15 is 0 Å². The minimum absolute atomic E-state index is 0.336. The predicted molar refractivity (Wildman–Crippen MR) is 111 cm³/mol. The average Bonchev–Trinajstić information content (AvgIpc) is 2.61. The highest BCUT2D eigenvalue weighted by atomic mass is 32.1. The van der Waals surface area contributed by atoms with Gasteiger partial charge in [0.15, 0.2) is 0 Å². The van der Waals surface area contributed by atoms with Crippen molar-refractivity contribution in [2.45, 2.75) is 20.8 Å². The van der Waals surface area contributed by atoms with Crippen molar-refractivity contribution in [3.63, 3.8) is 0 Å². The van der Waals surface area contributed by atoms with Crippen molar-refractivity contribution in [2.75, 3.05) is 13.2 Å². The van der Waals surface area contributed by atoms with Crippen LogP contribution in [0.4, 0.5) is 0 Å². The Morgan fingerprint density at radius 2 is 1.62 bits per heavy atom. The fraction of sp³-hybridized carbons (Fsp3) is 0.227. The topological polar surface area (TPSA) is 44.5 Å². The van der Waals surface area contributed by atoms with E-state index in [1.54, 1.807) is 0 Å². The highest BCUT2D eigenvalue weighted by Gasteiger charge is 2.11. The van der Waals surface area contributed by atoms with Crippen molar-refractivity contribution in [3.8, 4) is 11.5 Å². The Bertz CT molecular complexity index is 966. The summed E-state index contributed by atoms with van der Waals surface area (Å²) in [4.78, 5) is 0.336. The lowest BCUT2D eigenvalue weighted by Crippen LogP contribution is -2.15. The molecule has 0 aliphatic carbocycles. The number of ether oxygens (including phenoxy) is 2. The molecule has 3 rings (SSSR count). The van der Waals surface area contributed by atoms with E-state index in [0.29, 0.717) is 24.0 Å². The number of hydrogen-bond donors (Lipinski definition) is 1. The van der Waals surface area contributed by atoms with Crippen LogP contribution in [-0.2, 0) is 0 Å². The van der Waals surface area contributed by atoms with Gasteiger partial charge in [-0.25, -0.2) is 0 Å². The summed E-state index contributed by atoms with van der Waals surface area (Å²) in [5, 5.41) is 2.09. The fourth-order valence-electron chi connectivity index (χ4n) is 3.08. The lowest BCUT2D eigenvalue weighted by Gasteiger charge is -2.15. The molecule has 134 valence electrons. The number of fused-ring (bicyclic) bond motifs is 1. The first-order valence-electron chi connectivity index (χ1n) is 8.62. The molecule has 4 heteroatoms. The van der Waals surface area contributed by atoms with E-state index in [0.717, 1.165) is 27.6 Å². The first-order valence-corrected chi connectivity index (χ1v) is 9.03. The van der Waals surface area contributed by atoms with Crippen molar-refractivity contribution in [1.29, 1.82) is 0 Å². The second-order valence-electron chi connectivity index (χ2n) is 6.43. The zero-order chi connectivity index (χ0) is 18.7. The molecule has 0 aromatic heterocycles. The lowest BCUT2D eigenvalue weighted by atomic mass is 10.0. The van der Waals surface area contributed by atoms with E-state index in [4.69, 9.17) is 27.4 Å². The highest BCUT2D eigenvalue weighted by molar-refractivity contribution is 7.80. The van der Waals surface area contributed by atoms with Gasteiger partial charge in [-0.15, -0.1) is 0 Å². The Morgan fingerprint density at radius 1 is 0.923 bits per heavy atom. The van der Waals surface area contributed by atoms with Gasteiger partial charge in [0.05, 0.1) is 5.56 Å². The van der Waals surface area contributed by atoms with Crippen molar-refractivity contribution < 1.29 is 9.47 Å². The standard InChI is InChI=1S/C22H23NO2S/c1-14-12-15(2)16(3)20(13-14)25-11-10-24-19-9-8-17-6-4-5-7-18(17)21(19)22(23)26/h4-9,12-13H,10-11H2,1-3H3,(H2,23,26). The summed E-state index contributed by atoms with van der Waals surface area (Å²) < 4.78 is 11.9. The van der Waals surface area contributed by atoms with Crippen molar-refractivity contribution >= 4 is 28.0 Å². The minimum atomic E-state index is 0.336. The van der Waals surface area contributed by atoms with E-state index in [1.165, 1.54) is 11.1 Å². The summed E-state index contributed by atoms with van der Waals surface area (Å²) in [5.74, 6) is 1.59. The third-order valence-corrected chi connectivity index (χ3v) is 4.70. The summed E-state index contributed by atoms with van der Waals surface area (Å²) in [6, 6.07) is 16.1. The van der Waals surface area contributed by atoms with Gasteiger partial charge < -0.3 is 15.2 Å². The van der Waals surface area contributed by atoms with Crippen LogP contribution in [0, 0.1) is 20.8 Å². The van der Waals surface area contributed by atoms with E-state index in [9.17, 15) is 0 Å². The van der Waals surface area contributed by atoms with Crippen molar-refractivity contribution in [1.82, 2.24) is 0 Å². The van der Waals surface area contributed by atoms with Gasteiger partial charge in [0.2, 0.25) is 0 Å². The van der Waals surface area contributed by atoms with E-state index in [2.05, 4.69) is 32.9 Å². The highest BCUT2D eigenvalue weighted by Crippen LogP contribution is 2.28. The van der Waals surface area contributed by atoms with Gasteiger partial charge in [0.25, 0.3) is 0 Å². The van der Waals surface area contributed by atoms with Crippen LogP contribution in [0.3, 0.4) is 0 Å². The molecule has 26 heavy (non-hydrogen) atoms. The van der Waals surface area contributed by atoms with Gasteiger partial charge in [-0.2, -0.15) is 0 Å². The quantitative estimate of drug-likeness (QED) is 0.501. The van der Waals surface area contributed by atoms with Crippen molar-refractivity contribution in [3.05, 3.63) is 70.8 Å². The van der Waals surface area contributed by atoms with Crippen LogP contribution in [-0.4, -0.2) is 18.2 Å². The van der Waals surface area contributed by atoms with Gasteiger partial charge >= 0.3 is 0 Å². The van der Waals surface area contributed by atoms with Gasteiger partial charge in [-0.3, -0.25) is 0 Å². The molecule has 0 saturated carbocycles. The van der Waals surface area contributed by atoms with E-state index in [1.807, 2.05) is 36.4 Å². The Labute approximate surface area is 159 Å². The maximum absolute atomic E-state index is 5.95. The molecule has 0 fully saturated rings. The molecule has 0 saturated heterocycles. The summed E-state index contributed by atoms with van der Waals surface area (Å²) in [5.41, 5.74) is 10.3. The first kappa shape index (κ1) is 18.2. The number of thiocarbonyl (C=S) groups is 1. The number of aryl methyl sites for hydroxylation is 2. The Hall–Kier alpha value is -2.59. The molecule has 0 aliphatic heterocycles. The Balaban J connectivity index is 1.73. The monoisotopic (exact) mass is 365 g/mol. The predicted octanol–water partition coefficient (Wildman–Crippen LogP) is 4.86. The molecule has 0 spiro atoms. The minimum Gasteiger partial charge on any atom is -0.490 e. The maximum Gasteiger partial charge on any atom is 0.130 e. The molecule has 3 aromatic rings. The fourth-order valence-corrected chi connectivity index (χ4v) is 3.29. The Morgan fingerprint density at radius 3 is 2.35 bits per heavy atom. The molecule has 0 amide bonds. The van der Waals surface area contributed by atoms with Crippen LogP contribution in [0.2, 0.25) is 0 Å². The molecule has 0 atom stereocenters. The van der Waals surface area contributed by atoms with Gasteiger partial charge in [0.1, 0.15) is 29.7 Å². The van der Waals surface area contributed by atoms with Crippen LogP contribution >= 0.6 is 12.2 Å². The molecule has 0 radical (unpaired) electrons. The second-order valence-corrected chi connectivity index (χ2v) is 6.87. The molecule has 0 heterocycles. The molecule has 3 nitrogen and oxygen atoms in total. The number of hydrogen-bond acceptors (Lipinski definition) is 3. The van der Waals surface area contributed by atoms with Crippen molar-refractivity contribution in [2.24, 2.45) is 5.73 Å². The molecule has 0 unspecified atom stereocenters. The number of nitrogens with two attached hydrogens (primary N) is 1. The van der Waals surface area contributed by atoms with Crippen LogP contribution in [0.5, 0.6) is 11.5 Å². The molecular formula is C22H23NO2S. The van der Waals surface area contributed by atoms with Crippen LogP contribution < -0.4 is 15.2 Å². The maximum atomic E-state index is 5.95. The second kappa shape index (κ2) is 7.75. The van der Waals surface area contributed by atoms with Gasteiger partial charge in [-0.1, -0.05) is 48.6 Å². The van der Waals surface area contributed by atoms with Crippen LogP contribution in [0.15, 0.2) is 48.5 Å². The number of benzene rings is 3. The van der Waals surface area contributed by atoms with E-state index in [-0.39, 0.29) is 0 Å².